The highest BCUT2D eigenvalue weighted by atomic mass is 127. The lowest BCUT2D eigenvalue weighted by molar-refractivity contribution is 0.321. The molecule has 166 valence electrons. The van der Waals surface area contributed by atoms with Crippen LogP contribution in [0.15, 0.2) is 59.9 Å². The lowest BCUT2D eigenvalue weighted by atomic mass is 10.2. The largest absolute Gasteiger partial charge is 0.497 e. The van der Waals surface area contributed by atoms with E-state index in [1.54, 1.807) is 37.2 Å². The van der Waals surface area contributed by atoms with E-state index < -0.39 is 0 Å². The number of aliphatic imine (C=N–C) groups is 1. The van der Waals surface area contributed by atoms with E-state index >= 15 is 0 Å². The number of ether oxygens (including phenoxy) is 2. The van der Waals surface area contributed by atoms with E-state index in [0.717, 1.165) is 22.9 Å². The molecular weight excluding hydrogens is 512 g/mol. The highest BCUT2D eigenvalue weighted by molar-refractivity contribution is 14.0. The fourth-order valence-corrected chi connectivity index (χ4v) is 2.90. The molecule has 0 aliphatic carbocycles. The van der Waals surface area contributed by atoms with E-state index in [2.05, 4.69) is 20.6 Å². The summed E-state index contributed by atoms with van der Waals surface area (Å²) in [5, 5.41) is 6.34. The number of aromatic nitrogens is 2. The highest BCUT2D eigenvalue weighted by Crippen LogP contribution is 2.17. The quantitative estimate of drug-likeness (QED) is 0.198. The van der Waals surface area contributed by atoms with Crippen LogP contribution in [-0.4, -0.2) is 42.8 Å². The number of aryl methyl sites for hydroxylation is 1. The Balaban J connectivity index is 0.00000341. The summed E-state index contributed by atoms with van der Waals surface area (Å²) in [7, 11) is 3.31. The van der Waals surface area contributed by atoms with Gasteiger partial charge in [-0.2, -0.15) is 0 Å². The van der Waals surface area contributed by atoms with Gasteiger partial charge in [-0.3, -0.25) is 4.99 Å². The van der Waals surface area contributed by atoms with Crippen molar-refractivity contribution in [3.05, 3.63) is 72.1 Å². The summed E-state index contributed by atoms with van der Waals surface area (Å²) < 4.78 is 27.0. The number of methoxy groups -OCH3 is 1. The number of imidazole rings is 1. The third-order valence-electron chi connectivity index (χ3n) is 4.50. The van der Waals surface area contributed by atoms with Gasteiger partial charge in [0.05, 0.1) is 19.3 Å². The molecule has 1 heterocycles. The molecule has 0 aliphatic rings. The maximum atomic E-state index is 14.5. The van der Waals surface area contributed by atoms with Crippen LogP contribution in [0.3, 0.4) is 0 Å². The third kappa shape index (κ3) is 6.84. The van der Waals surface area contributed by atoms with Crippen LogP contribution >= 0.6 is 24.0 Å². The molecule has 3 rings (SSSR count). The fourth-order valence-electron chi connectivity index (χ4n) is 2.90. The van der Waals surface area contributed by atoms with Crippen molar-refractivity contribution in [2.45, 2.75) is 13.5 Å². The second-order valence-corrected chi connectivity index (χ2v) is 6.51. The Morgan fingerprint density at radius 1 is 1.13 bits per heavy atom. The number of hydrogen-bond donors (Lipinski definition) is 2. The molecule has 0 saturated heterocycles. The van der Waals surface area contributed by atoms with Crippen molar-refractivity contribution >= 4 is 29.9 Å². The molecule has 2 aromatic carbocycles. The van der Waals surface area contributed by atoms with E-state index in [1.807, 2.05) is 37.3 Å². The standard InChI is InChI=1S/C22H26FN5O2.HI/c1-16-25-10-12-28(16)21-9-4-17(14-20(21)23)15-27-22(24-2)26-11-13-30-19-7-5-18(29-3)6-8-19;/h4-10,12,14H,11,13,15H2,1-3H3,(H2,24,26,27);1H. The number of rotatable bonds is 8. The first-order valence-electron chi connectivity index (χ1n) is 9.61. The van der Waals surface area contributed by atoms with Gasteiger partial charge in [0.15, 0.2) is 5.96 Å². The zero-order valence-corrected chi connectivity index (χ0v) is 20.1. The second-order valence-electron chi connectivity index (χ2n) is 6.51. The van der Waals surface area contributed by atoms with Gasteiger partial charge in [-0.1, -0.05) is 6.07 Å². The summed E-state index contributed by atoms with van der Waals surface area (Å²) in [4.78, 5) is 8.31. The van der Waals surface area contributed by atoms with Gasteiger partial charge in [0, 0.05) is 26.0 Å². The molecular formula is C22H27FIN5O2. The Morgan fingerprint density at radius 3 is 2.48 bits per heavy atom. The topological polar surface area (TPSA) is 72.7 Å². The van der Waals surface area contributed by atoms with Gasteiger partial charge >= 0.3 is 0 Å². The van der Waals surface area contributed by atoms with Crippen LogP contribution < -0.4 is 20.1 Å². The van der Waals surface area contributed by atoms with Gasteiger partial charge in [-0.25, -0.2) is 9.37 Å². The second kappa shape index (κ2) is 12.1. The SMILES string of the molecule is CN=C(NCCOc1ccc(OC)cc1)NCc1ccc(-n2ccnc2C)c(F)c1.I. The number of guanidine groups is 1. The first kappa shape index (κ1) is 24.4. The molecule has 0 atom stereocenters. The van der Waals surface area contributed by atoms with Crippen LogP contribution in [0.25, 0.3) is 5.69 Å². The Hall–Kier alpha value is -2.82. The molecule has 0 spiro atoms. The molecule has 0 unspecified atom stereocenters. The monoisotopic (exact) mass is 539 g/mol. The minimum absolute atomic E-state index is 0. The smallest absolute Gasteiger partial charge is 0.191 e. The highest BCUT2D eigenvalue weighted by Gasteiger charge is 2.08. The Morgan fingerprint density at radius 2 is 1.87 bits per heavy atom. The number of nitrogens with one attached hydrogen (secondary N) is 2. The number of nitrogens with zero attached hydrogens (tertiary/aromatic N) is 3. The molecule has 0 saturated carbocycles. The summed E-state index contributed by atoms with van der Waals surface area (Å²) in [6.07, 6.45) is 3.39. The van der Waals surface area contributed by atoms with Crippen molar-refractivity contribution in [1.29, 1.82) is 0 Å². The number of halogens is 2. The molecule has 2 N–H and O–H groups in total. The maximum Gasteiger partial charge on any atom is 0.191 e. The zero-order chi connectivity index (χ0) is 21.3. The first-order valence-corrected chi connectivity index (χ1v) is 9.61. The van der Waals surface area contributed by atoms with Gasteiger partial charge in [0.25, 0.3) is 0 Å². The van der Waals surface area contributed by atoms with Gasteiger partial charge in [-0.15, -0.1) is 24.0 Å². The summed E-state index contributed by atoms with van der Waals surface area (Å²) in [6.45, 7) is 3.32. The van der Waals surface area contributed by atoms with Crippen LogP contribution in [0.5, 0.6) is 11.5 Å². The lowest BCUT2D eigenvalue weighted by Crippen LogP contribution is -2.38. The molecule has 9 heteroatoms. The van der Waals surface area contributed by atoms with Crippen LogP contribution in [0, 0.1) is 12.7 Å². The van der Waals surface area contributed by atoms with Gasteiger partial charge < -0.3 is 24.7 Å². The Bertz CT molecular complexity index is 992. The molecule has 0 aliphatic heterocycles. The summed E-state index contributed by atoms with van der Waals surface area (Å²) in [6, 6.07) is 12.6. The molecule has 31 heavy (non-hydrogen) atoms. The van der Waals surface area contributed by atoms with E-state index in [-0.39, 0.29) is 29.8 Å². The fraction of sp³-hybridized carbons (Fsp3) is 0.273. The van der Waals surface area contributed by atoms with Crippen molar-refractivity contribution in [3.8, 4) is 17.2 Å². The summed E-state index contributed by atoms with van der Waals surface area (Å²) >= 11 is 0. The molecule has 7 nitrogen and oxygen atoms in total. The van der Waals surface area contributed by atoms with Gasteiger partial charge in [0.1, 0.15) is 29.7 Å². The van der Waals surface area contributed by atoms with Crippen molar-refractivity contribution in [1.82, 2.24) is 20.2 Å². The normalized spacial score (nSPS) is 10.9. The molecule has 0 fully saturated rings. The Kier molecular flexibility index (Phi) is 9.57. The molecule has 0 bridgehead atoms. The molecule has 1 aromatic heterocycles. The van der Waals surface area contributed by atoms with Crippen LogP contribution in [-0.2, 0) is 6.54 Å². The average Bonchev–Trinajstić information content (AvgIpc) is 3.19. The van der Waals surface area contributed by atoms with Crippen LogP contribution in [0.1, 0.15) is 11.4 Å². The first-order chi connectivity index (χ1) is 14.6. The van der Waals surface area contributed by atoms with Crippen molar-refractivity contribution < 1.29 is 13.9 Å². The average molecular weight is 539 g/mol. The maximum absolute atomic E-state index is 14.5. The van der Waals surface area contributed by atoms with E-state index in [9.17, 15) is 4.39 Å². The third-order valence-corrected chi connectivity index (χ3v) is 4.50. The van der Waals surface area contributed by atoms with E-state index in [1.165, 1.54) is 6.07 Å². The molecule has 0 amide bonds. The number of hydrogen-bond acceptors (Lipinski definition) is 4. The van der Waals surface area contributed by atoms with E-state index in [4.69, 9.17) is 9.47 Å². The summed E-state index contributed by atoms with van der Waals surface area (Å²) in [5.41, 5.74) is 1.29. The minimum Gasteiger partial charge on any atom is -0.497 e. The lowest BCUT2D eigenvalue weighted by Gasteiger charge is -2.13. The number of benzene rings is 2. The van der Waals surface area contributed by atoms with Crippen molar-refractivity contribution in [2.75, 3.05) is 27.3 Å². The van der Waals surface area contributed by atoms with Crippen molar-refractivity contribution in [2.24, 2.45) is 4.99 Å². The van der Waals surface area contributed by atoms with E-state index in [0.29, 0.717) is 31.3 Å². The minimum atomic E-state index is -0.300. The molecule has 0 radical (unpaired) electrons. The van der Waals surface area contributed by atoms with Crippen LogP contribution in [0.2, 0.25) is 0 Å². The van der Waals surface area contributed by atoms with Crippen LogP contribution in [0.4, 0.5) is 4.39 Å². The predicted molar refractivity (Wildman–Crippen MR) is 130 cm³/mol. The predicted octanol–water partition coefficient (Wildman–Crippen LogP) is 3.69. The van der Waals surface area contributed by atoms with Crippen molar-refractivity contribution in [3.63, 3.8) is 0 Å². The zero-order valence-electron chi connectivity index (χ0n) is 17.8. The van der Waals surface area contributed by atoms with Gasteiger partial charge in [0.2, 0.25) is 0 Å². The Labute approximate surface area is 198 Å². The summed E-state index contributed by atoms with van der Waals surface area (Å²) in [5.74, 6) is 2.61. The molecule has 3 aromatic rings. The van der Waals surface area contributed by atoms with Gasteiger partial charge in [-0.05, 0) is 48.9 Å².